The smallest absolute Gasteiger partial charge is 0.328 e. The van der Waals surface area contributed by atoms with Gasteiger partial charge in [-0.2, -0.15) is 0 Å². The number of esters is 1. The number of allylic oxidation sites excluding steroid dienone is 1. The van der Waals surface area contributed by atoms with E-state index in [1.54, 1.807) is 0 Å². The Morgan fingerprint density at radius 3 is 2.79 bits per heavy atom. The molecule has 5 heteroatoms. The zero-order valence-electron chi connectivity index (χ0n) is 11.5. The predicted molar refractivity (Wildman–Crippen MR) is 71.6 cm³/mol. The molecule has 1 saturated heterocycles. The molecule has 0 spiro atoms. The lowest BCUT2D eigenvalue weighted by molar-refractivity contribution is -0.140. The van der Waals surface area contributed by atoms with Crippen LogP contribution in [0.1, 0.15) is 51.9 Å². The lowest BCUT2D eigenvalue weighted by Gasteiger charge is -2.06. The molecule has 0 saturated carbocycles. The highest BCUT2D eigenvalue weighted by molar-refractivity contribution is 5.92. The van der Waals surface area contributed by atoms with Crippen molar-refractivity contribution in [1.29, 1.82) is 0 Å². The van der Waals surface area contributed by atoms with Crippen LogP contribution >= 0.6 is 0 Å². The topological polar surface area (TPSA) is 75.6 Å². The highest BCUT2D eigenvalue weighted by Crippen LogP contribution is 2.09. The average Bonchev–Trinajstić information content (AvgIpc) is 2.74. The molecule has 0 aromatic heterocycles. The van der Waals surface area contributed by atoms with E-state index in [4.69, 9.17) is 4.74 Å². The Kier molecular flexibility index (Phi) is 7.00. The van der Waals surface area contributed by atoms with Gasteiger partial charge in [-0.3, -0.25) is 4.79 Å². The number of rotatable bonds is 8. The van der Waals surface area contributed by atoms with E-state index in [0.717, 1.165) is 25.3 Å². The van der Waals surface area contributed by atoms with E-state index in [-0.39, 0.29) is 5.76 Å². The lowest BCUT2D eigenvalue weighted by atomic mass is 10.1. The van der Waals surface area contributed by atoms with Gasteiger partial charge in [-0.1, -0.05) is 32.6 Å². The van der Waals surface area contributed by atoms with Gasteiger partial charge < -0.3 is 15.2 Å². The minimum absolute atomic E-state index is 0.0698. The third-order valence-electron chi connectivity index (χ3n) is 3.09. The summed E-state index contributed by atoms with van der Waals surface area (Å²) in [6.07, 6.45) is 7.64. The number of hydrogen-bond acceptors (Lipinski definition) is 4. The van der Waals surface area contributed by atoms with Crippen LogP contribution < -0.4 is 5.32 Å². The Bertz CT molecular complexity index is 338. The van der Waals surface area contributed by atoms with E-state index < -0.39 is 17.9 Å². The average molecular weight is 269 g/mol. The molecule has 1 heterocycles. The third-order valence-corrected chi connectivity index (χ3v) is 3.09. The number of aliphatic hydroxyl groups is 1. The summed E-state index contributed by atoms with van der Waals surface area (Å²) < 4.78 is 4.74. The number of hydrogen-bond donors (Lipinski definition) is 2. The summed E-state index contributed by atoms with van der Waals surface area (Å²) in [5, 5.41) is 12.1. The second-order valence-corrected chi connectivity index (χ2v) is 4.82. The van der Waals surface area contributed by atoms with Crippen LogP contribution in [-0.4, -0.2) is 29.6 Å². The van der Waals surface area contributed by atoms with Crippen molar-refractivity contribution < 1.29 is 19.4 Å². The normalized spacial score (nSPS) is 19.3. The monoisotopic (exact) mass is 269 g/mol. The number of ether oxygens (including phenoxy) is 1. The molecule has 1 aliphatic rings. The number of amides is 1. The van der Waals surface area contributed by atoms with Crippen molar-refractivity contribution in [2.24, 2.45) is 0 Å². The van der Waals surface area contributed by atoms with Crippen molar-refractivity contribution >= 4 is 11.9 Å². The molecule has 0 aromatic carbocycles. The van der Waals surface area contributed by atoms with E-state index in [0.29, 0.717) is 19.4 Å². The van der Waals surface area contributed by atoms with Crippen LogP contribution in [0.15, 0.2) is 11.8 Å². The quantitative estimate of drug-likeness (QED) is 0.306. The van der Waals surface area contributed by atoms with Crippen molar-refractivity contribution in [3.63, 3.8) is 0 Å². The third kappa shape index (κ3) is 6.27. The van der Waals surface area contributed by atoms with Crippen molar-refractivity contribution in [2.45, 2.75) is 57.9 Å². The van der Waals surface area contributed by atoms with E-state index in [1.165, 1.54) is 12.8 Å². The number of aliphatic hydroxyl groups excluding tert-OH is 1. The predicted octanol–water partition coefficient (Wildman–Crippen LogP) is 2.22. The van der Waals surface area contributed by atoms with Crippen LogP contribution in [0.4, 0.5) is 0 Å². The Hall–Kier alpha value is -1.52. The summed E-state index contributed by atoms with van der Waals surface area (Å²) in [5.74, 6) is -0.768. The van der Waals surface area contributed by atoms with E-state index >= 15 is 0 Å². The summed E-state index contributed by atoms with van der Waals surface area (Å²) in [5.41, 5.74) is 0. The van der Waals surface area contributed by atoms with Gasteiger partial charge in [0, 0.05) is 18.9 Å². The zero-order chi connectivity index (χ0) is 14.1. The molecule has 1 atom stereocenters. The fourth-order valence-electron chi connectivity index (χ4n) is 1.97. The maximum atomic E-state index is 11.5. The highest BCUT2D eigenvalue weighted by atomic mass is 16.5. The van der Waals surface area contributed by atoms with Crippen molar-refractivity contribution in [2.75, 3.05) is 6.61 Å². The number of nitrogens with one attached hydrogen (secondary N) is 1. The van der Waals surface area contributed by atoms with Crippen LogP contribution in [0.3, 0.4) is 0 Å². The molecule has 19 heavy (non-hydrogen) atoms. The van der Waals surface area contributed by atoms with Gasteiger partial charge in [0.15, 0.2) is 0 Å². The van der Waals surface area contributed by atoms with Gasteiger partial charge >= 0.3 is 5.97 Å². The zero-order valence-corrected chi connectivity index (χ0v) is 11.5. The molecule has 5 nitrogen and oxygen atoms in total. The summed E-state index contributed by atoms with van der Waals surface area (Å²) in [7, 11) is 0. The molecule has 1 fully saturated rings. The summed E-state index contributed by atoms with van der Waals surface area (Å²) in [6.45, 7) is 2.49. The number of cyclic esters (lactones) is 1. The second-order valence-electron chi connectivity index (χ2n) is 4.82. The Balaban J connectivity index is 2.21. The molecule has 1 aliphatic heterocycles. The minimum atomic E-state index is -0.568. The molecule has 0 bridgehead atoms. The van der Waals surface area contributed by atoms with E-state index in [1.807, 2.05) is 0 Å². The van der Waals surface area contributed by atoms with Gasteiger partial charge in [0.1, 0.15) is 6.04 Å². The van der Waals surface area contributed by atoms with Crippen LogP contribution in [0.25, 0.3) is 0 Å². The fourth-order valence-corrected chi connectivity index (χ4v) is 1.97. The number of unbranched alkanes of at least 4 members (excludes halogenated alkanes) is 4. The van der Waals surface area contributed by atoms with Crippen LogP contribution in [0.5, 0.6) is 0 Å². The van der Waals surface area contributed by atoms with E-state index in [2.05, 4.69) is 12.2 Å². The standard InChI is InChI=1S/C14H23NO4/c1-2-3-4-5-6-7-11(16)10-13(17)15-12-8-9-19-14(12)18/h10,12,16H,2-9H2,1H3,(H,15,17). The molecule has 0 aromatic rings. The summed E-state index contributed by atoms with van der Waals surface area (Å²) in [4.78, 5) is 22.7. The van der Waals surface area contributed by atoms with Crippen molar-refractivity contribution in [3.8, 4) is 0 Å². The van der Waals surface area contributed by atoms with Gasteiger partial charge in [0.05, 0.1) is 12.4 Å². The molecule has 2 N–H and O–H groups in total. The van der Waals surface area contributed by atoms with Gasteiger partial charge in [0.25, 0.3) is 0 Å². The van der Waals surface area contributed by atoms with Gasteiger partial charge in [-0.05, 0) is 6.42 Å². The lowest BCUT2D eigenvalue weighted by Crippen LogP contribution is -2.37. The molecule has 1 unspecified atom stereocenters. The van der Waals surface area contributed by atoms with Crippen LogP contribution in [0, 0.1) is 0 Å². The first-order valence-corrected chi connectivity index (χ1v) is 7.00. The molecule has 1 amide bonds. The van der Waals surface area contributed by atoms with Crippen LogP contribution in [0.2, 0.25) is 0 Å². The summed E-state index contributed by atoms with van der Waals surface area (Å²) in [6, 6.07) is -0.568. The Labute approximate surface area is 114 Å². The minimum Gasteiger partial charge on any atom is -0.512 e. The first-order chi connectivity index (χ1) is 9.13. The molecule has 1 rings (SSSR count). The number of carbonyl (C=O) groups is 2. The Morgan fingerprint density at radius 1 is 1.42 bits per heavy atom. The van der Waals surface area contributed by atoms with Gasteiger partial charge in [-0.15, -0.1) is 0 Å². The molecular weight excluding hydrogens is 246 g/mol. The second kappa shape index (κ2) is 8.56. The van der Waals surface area contributed by atoms with Crippen LogP contribution in [-0.2, 0) is 14.3 Å². The molecule has 108 valence electrons. The first kappa shape index (κ1) is 15.5. The van der Waals surface area contributed by atoms with Crippen molar-refractivity contribution in [1.82, 2.24) is 5.32 Å². The van der Waals surface area contributed by atoms with Gasteiger partial charge in [0.2, 0.25) is 5.91 Å². The maximum Gasteiger partial charge on any atom is 0.328 e. The fraction of sp³-hybridized carbons (Fsp3) is 0.714. The largest absolute Gasteiger partial charge is 0.512 e. The molecular formula is C14H23NO4. The maximum absolute atomic E-state index is 11.5. The SMILES string of the molecule is CCCCCCCC(O)=CC(=O)NC1CCOC1=O. The molecule has 0 radical (unpaired) electrons. The highest BCUT2D eigenvalue weighted by Gasteiger charge is 2.27. The Morgan fingerprint density at radius 2 is 2.16 bits per heavy atom. The summed E-state index contributed by atoms with van der Waals surface area (Å²) >= 11 is 0. The van der Waals surface area contributed by atoms with Gasteiger partial charge in [-0.25, -0.2) is 4.79 Å². The first-order valence-electron chi connectivity index (χ1n) is 7.00. The van der Waals surface area contributed by atoms with E-state index in [9.17, 15) is 14.7 Å². The molecule has 0 aliphatic carbocycles. The number of carbonyl (C=O) groups excluding carboxylic acids is 2. The van der Waals surface area contributed by atoms with Crippen molar-refractivity contribution in [3.05, 3.63) is 11.8 Å².